The molecule has 0 atom stereocenters. The Morgan fingerprint density at radius 3 is 2.57 bits per heavy atom. The number of hydrogen-bond acceptors (Lipinski definition) is 7. The molecule has 28 heavy (non-hydrogen) atoms. The smallest absolute Gasteiger partial charge is 0.232 e. The predicted molar refractivity (Wildman–Crippen MR) is 112 cm³/mol. The summed E-state index contributed by atoms with van der Waals surface area (Å²) in [5, 5.41) is 3.89. The summed E-state index contributed by atoms with van der Waals surface area (Å²) in [7, 11) is 1.97. The fraction of sp³-hybridized carbons (Fsp3) is 0.250. The number of ether oxygens (including phenoxy) is 1. The van der Waals surface area contributed by atoms with Gasteiger partial charge in [0.2, 0.25) is 11.9 Å². The van der Waals surface area contributed by atoms with Crippen LogP contribution in [0.1, 0.15) is 11.4 Å². The number of nitrogens with zero attached hydrogens (tertiary/aromatic N) is 4. The van der Waals surface area contributed by atoms with Crippen molar-refractivity contribution in [3.8, 4) is 5.75 Å². The second-order valence-corrected chi connectivity index (χ2v) is 6.85. The summed E-state index contributed by atoms with van der Waals surface area (Å²) in [5.41, 5.74) is 7.89. The van der Waals surface area contributed by atoms with Gasteiger partial charge in [-0.3, -0.25) is 4.90 Å². The molecule has 3 rings (SSSR count). The van der Waals surface area contributed by atoms with E-state index < -0.39 is 0 Å². The second-order valence-electron chi connectivity index (χ2n) is 6.41. The van der Waals surface area contributed by atoms with Crippen LogP contribution >= 0.6 is 11.6 Å². The number of benzene rings is 2. The number of nitrogens with one attached hydrogen (secondary N) is 1. The summed E-state index contributed by atoms with van der Waals surface area (Å²) in [6, 6.07) is 15.2. The molecule has 1 heterocycles. The van der Waals surface area contributed by atoms with Crippen molar-refractivity contribution in [1.29, 1.82) is 0 Å². The number of likely N-dealkylation sites (N-methyl/N-ethyl adjacent to an activating group) is 1. The molecular weight excluding hydrogens is 376 g/mol. The van der Waals surface area contributed by atoms with Crippen molar-refractivity contribution in [2.75, 3.05) is 31.2 Å². The van der Waals surface area contributed by atoms with Crippen molar-refractivity contribution in [3.63, 3.8) is 0 Å². The molecule has 0 fully saturated rings. The first-order valence-corrected chi connectivity index (χ1v) is 9.27. The third-order valence-electron chi connectivity index (χ3n) is 4.06. The molecule has 0 amide bonds. The molecular formula is C20H23ClN6O. The van der Waals surface area contributed by atoms with Gasteiger partial charge >= 0.3 is 0 Å². The van der Waals surface area contributed by atoms with E-state index in [-0.39, 0.29) is 5.95 Å². The van der Waals surface area contributed by atoms with Crippen LogP contribution in [0.25, 0.3) is 0 Å². The first-order chi connectivity index (χ1) is 13.5. The maximum atomic E-state index is 5.87. The lowest BCUT2D eigenvalue weighted by Crippen LogP contribution is -2.25. The van der Waals surface area contributed by atoms with Gasteiger partial charge in [0.15, 0.2) is 0 Å². The minimum Gasteiger partial charge on any atom is -0.492 e. The van der Waals surface area contributed by atoms with E-state index in [2.05, 4.69) is 25.2 Å². The van der Waals surface area contributed by atoms with Crippen LogP contribution in [0, 0.1) is 6.92 Å². The summed E-state index contributed by atoms with van der Waals surface area (Å²) in [6.45, 7) is 3.78. The summed E-state index contributed by atoms with van der Waals surface area (Å²) in [5.74, 6) is 2.00. The highest BCUT2D eigenvalue weighted by Gasteiger charge is 2.09. The number of hydrogen-bond donors (Lipinski definition) is 2. The Kier molecular flexibility index (Phi) is 6.62. The minimum absolute atomic E-state index is 0.187. The third-order valence-corrected chi connectivity index (χ3v) is 4.31. The quantitative estimate of drug-likeness (QED) is 0.598. The molecule has 146 valence electrons. The Morgan fingerprint density at radius 2 is 1.82 bits per heavy atom. The zero-order valence-corrected chi connectivity index (χ0v) is 16.6. The Morgan fingerprint density at radius 1 is 1.07 bits per heavy atom. The molecule has 7 nitrogen and oxygen atoms in total. The first kappa shape index (κ1) is 19.9. The van der Waals surface area contributed by atoms with Gasteiger partial charge in [0.25, 0.3) is 0 Å². The van der Waals surface area contributed by atoms with Crippen LogP contribution in [0.3, 0.4) is 0 Å². The number of anilines is 3. The maximum Gasteiger partial charge on any atom is 0.232 e. The first-order valence-electron chi connectivity index (χ1n) is 8.89. The van der Waals surface area contributed by atoms with E-state index in [1.165, 1.54) is 0 Å². The van der Waals surface area contributed by atoms with E-state index in [9.17, 15) is 0 Å². The lowest BCUT2D eigenvalue weighted by molar-refractivity contribution is 0.230. The Hall–Kier alpha value is -2.90. The van der Waals surface area contributed by atoms with Crippen molar-refractivity contribution in [3.05, 3.63) is 64.9 Å². The fourth-order valence-corrected chi connectivity index (χ4v) is 2.69. The van der Waals surface area contributed by atoms with Gasteiger partial charge in [0.1, 0.15) is 18.2 Å². The Labute approximate surface area is 169 Å². The molecule has 3 N–H and O–H groups in total. The van der Waals surface area contributed by atoms with Crippen molar-refractivity contribution in [2.45, 2.75) is 13.5 Å². The zero-order valence-electron chi connectivity index (χ0n) is 15.9. The number of para-hydroxylation sites is 1. The predicted octanol–water partition coefficient (Wildman–Crippen LogP) is 3.67. The fourth-order valence-electron chi connectivity index (χ4n) is 2.57. The van der Waals surface area contributed by atoms with Crippen LogP contribution in [0.2, 0.25) is 5.02 Å². The van der Waals surface area contributed by atoms with Gasteiger partial charge in [-0.2, -0.15) is 15.0 Å². The molecule has 0 aliphatic heterocycles. The van der Waals surface area contributed by atoms with Crippen molar-refractivity contribution in [2.24, 2.45) is 0 Å². The van der Waals surface area contributed by atoms with Crippen molar-refractivity contribution >= 4 is 29.2 Å². The van der Waals surface area contributed by atoms with E-state index in [0.29, 0.717) is 36.5 Å². The lowest BCUT2D eigenvalue weighted by Gasteiger charge is -2.17. The van der Waals surface area contributed by atoms with Gasteiger partial charge in [-0.05, 0) is 49.9 Å². The van der Waals surface area contributed by atoms with Crippen molar-refractivity contribution in [1.82, 2.24) is 19.9 Å². The minimum atomic E-state index is 0.187. The van der Waals surface area contributed by atoms with E-state index in [4.69, 9.17) is 22.1 Å². The highest BCUT2D eigenvalue weighted by Crippen LogP contribution is 2.18. The number of aryl methyl sites for hydroxylation is 1. The number of aromatic nitrogens is 3. The largest absolute Gasteiger partial charge is 0.492 e. The standard InChI is InChI=1S/C20H23ClN6O/c1-14-5-3-4-6-17(14)23-20-25-18(24-19(22)26-20)13-27(2)11-12-28-16-9-7-15(21)8-10-16/h3-10H,11-13H2,1-2H3,(H3,22,23,24,25,26). The average molecular weight is 399 g/mol. The van der Waals surface area contributed by atoms with E-state index in [0.717, 1.165) is 17.0 Å². The monoisotopic (exact) mass is 398 g/mol. The summed E-state index contributed by atoms with van der Waals surface area (Å²) in [4.78, 5) is 14.9. The molecule has 3 aromatic rings. The van der Waals surface area contributed by atoms with E-state index >= 15 is 0 Å². The topological polar surface area (TPSA) is 89.2 Å². The average Bonchev–Trinajstić information content (AvgIpc) is 2.65. The highest BCUT2D eigenvalue weighted by molar-refractivity contribution is 6.30. The molecule has 0 bridgehead atoms. The Bertz CT molecular complexity index is 919. The number of nitrogen functional groups attached to an aromatic ring is 1. The van der Waals surface area contributed by atoms with Gasteiger partial charge in [-0.25, -0.2) is 0 Å². The number of halogens is 1. The number of rotatable bonds is 8. The van der Waals surface area contributed by atoms with Crippen LogP contribution in [-0.4, -0.2) is 40.1 Å². The van der Waals surface area contributed by atoms with E-state index in [1.54, 1.807) is 12.1 Å². The van der Waals surface area contributed by atoms with Crippen LogP contribution in [0.5, 0.6) is 5.75 Å². The molecule has 0 saturated heterocycles. The van der Waals surface area contributed by atoms with E-state index in [1.807, 2.05) is 50.4 Å². The lowest BCUT2D eigenvalue weighted by atomic mass is 10.2. The summed E-state index contributed by atoms with van der Waals surface area (Å²) in [6.07, 6.45) is 0. The number of nitrogens with two attached hydrogens (primary N) is 1. The molecule has 0 aliphatic rings. The molecule has 0 radical (unpaired) electrons. The molecule has 0 aliphatic carbocycles. The van der Waals surface area contributed by atoms with Crippen molar-refractivity contribution < 1.29 is 4.74 Å². The molecule has 0 unspecified atom stereocenters. The molecule has 8 heteroatoms. The summed E-state index contributed by atoms with van der Waals surface area (Å²) < 4.78 is 5.72. The van der Waals surface area contributed by atoms with Gasteiger partial charge in [0.05, 0.1) is 6.54 Å². The summed E-state index contributed by atoms with van der Waals surface area (Å²) >= 11 is 5.87. The van der Waals surface area contributed by atoms with Gasteiger partial charge < -0.3 is 15.8 Å². The second kappa shape index (κ2) is 9.34. The van der Waals surface area contributed by atoms with Crippen LogP contribution < -0.4 is 15.8 Å². The highest BCUT2D eigenvalue weighted by atomic mass is 35.5. The third kappa shape index (κ3) is 5.80. The van der Waals surface area contributed by atoms with Gasteiger partial charge in [-0.1, -0.05) is 29.8 Å². The van der Waals surface area contributed by atoms with Crippen LogP contribution in [0.15, 0.2) is 48.5 Å². The van der Waals surface area contributed by atoms with Gasteiger partial charge in [-0.15, -0.1) is 0 Å². The molecule has 0 saturated carbocycles. The molecule has 1 aromatic heterocycles. The molecule has 2 aromatic carbocycles. The zero-order chi connectivity index (χ0) is 19.9. The van der Waals surface area contributed by atoms with Crippen LogP contribution in [0.4, 0.5) is 17.6 Å². The molecule has 0 spiro atoms. The van der Waals surface area contributed by atoms with Gasteiger partial charge in [0, 0.05) is 17.3 Å². The Balaban J connectivity index is 1.56. The SMILES string of the molecule is Cc1ccccc1Nc1nc(N)nc(CN(C)CCOc2ccc(Cl)cc2)n1. The normalized spacial score (nSPS) is 10.9. The van der Waals surface area contributed by atoms with Crippen LogP contribution in [-0.2, 0) is 6.54 Å². The maximum absolute atomic E-state index is 5.87.